The number of carboxylic acids is 1. The van der Waals surface area contributed by atoms with E-state index in [0.29, 0.717) is 12.3 Å². The Morgan fingerprint density at radius 1 is 1.00 bits per heavy atom. The van der Waals surface area contributed by atoms with Crippen LogP contribution in [0.3, 0.4) is 0 Å². The molecule has 0 fully saturated rings. The zero-order valence-electron chi connectivity index (χ0n) is 16.1. The minimum Gasteiger partial charge on any atom is -0.479 e. The summed E-state index contributed by atoms with van der Waals surface area (Å²) < 4.78 is 5.43. The fourth-order valence-electron chi connectivity index (χ4n) is 3.25. The van der Waals surface area contributed by atoms with Crippen molar-refractivity contribution in [2.24, 2.45) is 0 Å². The van der Waals surface area contributed by atoms with E-state index in [2.05, 4.69) is 34.4 Å². The molecule has 2 aromatic rings. The van der Waals surface area contributed by atoms with Crippen LogP contribution in [-0.2, 0) is 19.2 Å². The molecule has 2 aromatic carbocycles. The highest BCUT2D eigenvalue weighted by Gasteiger charge is 2.28. The summed E-state index contributed by atoms with van der Waals surface area (Å²) in [4.78, 5) is 38.2. The predicted octanol–water partition coefficient (Wildman–Crippen LogP) is 2.39. The van der Waals surface area contributed by atoms with Crippen molar-refractivity contribution >= 4 is 29.7 Å². The molecule has 3 rings (SSSR count). The summed E-state index contributed by atoms with van der Waals surface area (Å²) in [7, 11) is 0. The molecule has 0 radical (unpaired) electrons. The fourth-order valence-corrected chi connectivity index (χ4v) is 3.88. The van der Waals surface area contributed by atoms with Crippen molar-refractivity contribution < 1.29 is 29.1 Å². The second-order valence-corrected chi connectivity index (χ2v) is 7.62. The summed E-state index contributed by atoms with van der Waals surface area (Å²) in [5.74, 6) is -1.02. The number of hydrogen-bond acceptors (Lipinski definition) is 6. The van der Waals surface area contributed by atoms with E-state index in [-0.39, 0.29) is 18.3 Å². The van der Waals surface area contributed by atoms with Gasteiger partial charge in [0.1, 0.15) is 6.61 Å². The molecule has 0 aromatic heterocycles. The van der Waals surface area contributed by atoms with Gasteiger partial charge >= 0.3 is 12.1 Å². The van der Waals surface area contributed by atoms with Gasteiger partial charge in [-0.15, -0.1) is 0 Å². The van der Waals surface area contributed by atoms with Crippen LogP contribution in [0.2, 0.25) is 0 Å². The number of hydrogen-bond donors (Lipinski definition) is 3. The van der Waals surface area contributed by atoms with Gasteiger partial charge in [-0.2, -0.15) is 11.8 Å². The molecule has 0 bridgehead atoms. The topological polar surface area (TPSA) is 114 Å². The number of benzene rings is 2. The number of fused-ring (bicyclic) bond motifs is 3. The average Bonchev–Trinajstić information content (AvgIpc) is 3.05. The van der Waals surface area contributed by atoms with E-state index in [4.69, 9.17) is 9.84 Å². The standard InChI is InChI=1S/C21H22N2O6S/c24-19(23-29-12-20(25)26)13-30-10-9-22-21(27)28-11-18-16-7-3-1-5-14(16)15-6-2-4-8-17(15)18/h1-8,18H,9-13H2,(H,22,27)(H,23,24)(H,25,26). The number of carbonyl (C=O) groups is 3. The highest BCUT2D eigenvalue weighted by atomic mass is 32.2. The molecule has 3 N–H and O–H groups in total. The van der Waals surface area contributed by atoms with Crippen LogP contribution in [0.5, 0.6) is 0 Å². The third kappa shape index (κ3) is 5.74. The minimum atomic E-state index is -1.17. The molecule has 0 aliphatic heterocycles. The lowest BCUT2D eigenvalue weighted by Crippen LogP contribution is -2.30. The van der Waals surface area contributed by atoms with Crippen LogP contribution in [0.1, 0.15) is 17.0 Å². The van der Waals surface area contributed by atoms with Crippen LogP contribution in [0.25, 0.3) is 11.1 Å². The SMILES string of the molecule is O=C(O)CONC(=O)CSCCNC(=O)OCC1c2ccccc2-c2ccccc21. The summed E-state index contributed by atoms with van der Waals surface area (Å²) in [6.07, 6.45) is -0.508. The van der Waals surface area contributed by atoms with E-state index in [1.54, 1.807) is 0 Å². The Morgan fingerprint density at radius 3 is 2.27 bits per heavy atom. The zero-order valence-corrected chi connectivity index (χ0v) is 16.9. The van der Waals surface area contributed by atoms with E-state index >= 15 is 0 Å². The van der Waals surface area contributed by atoms with Crippen LogP contribution >= 0.6 is 11.8 Å². The molecular formula is C21H22N2O6S. The lowest BCUT2D eigenvalue weighted by Gasteiger charge is -2.14. The number of carbonyl (C=O) groups excluding carboxylic acids is 2. The van der Waals surface area contributed by atoms with Crippen molar-refractivity contribution in [3.63, 3.8) is 0 Å². The third-order valence-corrected chi connectivity index (χ3v) is 5.43. The first-order chi connectivity index (χ1) is 14.6. The maximum absolute atomic E-state index is 12.0. The summed E-state index contributed by atoms with van der Waals surface area (Å²) in [6, 6.07) is 16.2. The molecule has 1 aliphatic carbocycles. The van der Waals surface area contributed by atoms with Gasteiger partial charge in [-0.3, -0.25) is 9.63 Å². The van der Waals surface area contributed by atoms with Crippen molar-refractivity contribution in [1.29, 1.82) is 0 Å². The number of ether oxygens (including phenoxy) is 1. The molecule has 0 atom stereocenters. The van der Waals surface area contributed by atoms with Crippen LogP contribution in [-0.4, -0.2) is 54.3 Å². The Kier molecular flexibility index (Phi) is 7.69. The number of carboxylic acid groups (broad SMARTS) is 1. The number of amides is 2. The van der Waals surface area contributed by atoms with Crippen LogP contribution in [0, 0.1) is 0 Å². The lowest BCUT2D eigenvalue weighted by atomic mass is 9.98. The second kappa shape index (κ2) is 10.7. The van der Waals surface area contributed by atoms with Gasteiger partial charge < -0.3 is 15.2 Å². The molecule has 0 saturated carbocycles. The van der Waals surface area contributed by atoms with Gasteiger partial charge in [-0.1, -0.05) is 48.5 Å². The minimum absolute atomic E-state index is 0.00650. The van der Waals surface area contributed by atoms with Crippen LogP contribution in [0.4, 0.5) is 4.79 Å². The van der Waals surface area contributed by atoms with Gasteiger partial charge in [0.15, 0.2) is 6.61 Å². The first-order valence-electron chi connectivity index (χ1n) is 9.35. The van der Waals surface area contributed by atoms with Gasteiger partial charge in [0, 0.05) is 18.2 Å². The summed E-state index contributed by atoms with van der Waals surface area (Å²) in [5.41, 5.74) is 6.67. The Bertz CT molecular complexity index is 874. The molecule has 0 saturated heterocycles. The number of nitrogens with one attached hydrogen (secondary N) is 2. The normalized spacial score (nSPS) is 12.0. The number of aliphatic carboxylic acids is 1. The quantitative estimate of drug-likeness (QED) is 0.392. The van der Waals surface area contributed by atoms with Crippen molar-refractivity contribution in [3.8, 4) is 11.1 Å². The fraction of sp³-hybridized carbons (Fsp3) is 0.286. The maximum Gasteiger partial charge on any atom is 0.407 e. The highest BCUT2D eigenvalue weighted by molar-refractivity contribution is 7.99. The first kappa shape index (κ1) is 21.7. The first-order valence-corrected chi connectivity index (χ1v) is 10.5. The molecular weight excluding hydrogens is 408 g/mol. The summed E-state index contributed by atoms with van der Waals surface area (Å²) in [6.45, 7) is -0.0132. The Morgan fingerprint density at radius 2 is 1.63 bits per heavy atom. The molecule has 158 valence electrons. The van der Waals surface area contributed by atoms with Crippen molar-refractivity contribution in [2.45, 2.75) is 5.92 Å². The van der Waals surface area contributed by atoms with Crippen molar-refractivity contribution in [3.05, 3.63) is 59.7 Å². The molecule has 9 heteroatoms. The largest absolute Gasteiger partial charge is 0.479 e. The van der Waals surface area contributed by atoms with Crippen molar-refractivity contribution in [2.75, 3.05) is 31.3 Å². The lowest BCUT2D eigenvalue weighted by molar-refractivity contribution is -0.148. The third-order valence-electron chi connectivity index (χ3n) is 4.47. The van der Waals surface area contributed by atoms with E-state index < -0.39 is 24.6 Å². The van der Waals surface area contributed by atoms with E-state index in [1.807, 2.05) is 29.7 Å². The smallest absolute Gasteiger partial charge is 0.407 e. The zero-order chi connectivity index (χ0) is 21.3. The number of rotatable bonds is 10. The maximum atomic E-state index is 12.0. The van der Waals surface area contributed by atoms with E-state index in [0.717, 1.165) is 11.1 Å². The number of thioether (sulfide) groups is 1. The highest BCUT2D eigenvalue weighted by Crippen LogP contribution is 2.44. The molecule has 0 spiro atoms. The van der Waals surface area contributed by atoms with Gasteiger partial charge in [-0.25, -0.2) is 15.1 Å². The molecule has 30 heavy (non-hydrogen) atoms. The number of hydroxylamine groups is 1. The molecule has 2 amide bonds. The van der Waals surface area contributed by atoms with Crippen LogP contribution < -0.4 is 10.8 Å². The molecule has 8 nitrogen and oxygen atoms in total. The Hall–Kier alpha value is -3.04. The monoisotopic (exact) mass is 430 g/mol. The number of alkyl carbamates (subject to hydrolysis) is 1. The predicted molar refractivity (Wildman–Crippen MR) is 112 cm³/mol. The van der Waals surface area contributed by atoms with Gasteiger partial charge in [-0.05, 0) is 22.3 Å². The summed E-state index contributed by atoms with van der Waals surface area (Å²) in [5, 5.41) is 11.1. The van der Waals surface area contributed by atoms with Gasteiger partial charge in [0.05, 0.1) is 5.75 Å². The molecule has 1 aliphatic rings. The Balaban J connectivity index is 1.37. The Labute approximate surface area is 177 Å². The van der Waals surface area contributed by atoms with Gasteiger partial charge in [0.2, 0.25) is 0 Å². The molecule has 0 heterocycles. The molecule has 0 unspecified atom stereocenters. The van der Waals surface area contributed by atoms with Crippen molar-refractivity contribution in [1.82, 2.24) is 10.8 Å². The van der Waals surface area contributed by atoms with Crippen LogP contribution in [0.15, 0.2) is 48.5 Å². The second-order valence-electron chi connectivity index (χ2n) is 6.51. The van der Waals surface area contributed by atoms with E-state index in [1.165, 1.54) is 22.9 Å². The van der Waals surface area contributed by atoms with Gasteiger partial charge in [0.25, 0.3) is 5.91 Å². The van der Waals surface area contributed by atoms with E-state index in [9.17, 15) is 14.4 Å². The summed E-state index contributed by atoms with van der Waals surface area (Å²) >= 11 is 1.28. The average molecular weight is 430 g/mol.